The summed E-state index contributed by atoms with van der Waals surface area (Å²) in [7, 11) is 0. The molecule has 1 aliphatic carbocycles. The first-order valence-corrected chi connectivity index (χ1v) is 12.0. The number of fused-ring (bicyclic) bond motifs is 1. The summed E-state index contributed by atoms with van der Waals surface area (Å²) >= 11 is 0. The summed E-state index contributed by atoms with van der Waals surface area (Å²) in [5.41, 5.74) is 3.74. The number of benzene rings is 2. The standard InChI is InChI=1S/C28H26N4O3/c1-18-23(29-26(35-18)19-8-4-2-5-9-19)16-24(33)32-15-12-22-21(17-32)25(34)31-27(30-22)28(13-14-28)20-10-6-3-7-11-20/h2-11H,12-17H2,1H3,(H,30,31,34). The molecule has 0 saturated heterocycles. The van der Waals surface area contributed by atoms with Gasteiger partial charge in [-0.15, -0.1) is 0 Å². The van der Waals surface area contributed by atoms with Crippen LogP contribution in [0.2, 0.25) is 0 Å². The highest BCUT2D eigenvalue weighted by atomic mass is 16.4. The molecular weight excluding hydrogens is 440 g/mol. The van der Waals surface area contributed by atoms with E-state index in [0.29, 0.717) is 35.9 Å². The summed E-state index contributed by atoms with van der Waals surface area (Å²) in [4.78, 5) is 40.4. The lowest BCUT2D eigenvalue weighted by molar-refractivity contribution is -0.131. The molecule has 7 nitrogen and oxygen atoms in total. The maximum Gasteiger partial charge on any atom is 0.256 e. The Hall–Kier alpha value is -4.00. The highest BCUT2D eigenvalue weighted by molar-refractivity contribution is 5.79. The van der Waals surface area contributed by atoms with Crippen LogP contribution in [0.5, 0.6) is 0 Å². The number of hydrogen-bond donors (Lipinski definition) is 1. The largest absolute Gasteiger partial charge is 0.441 e. The minimum absolute atomic E-state index is 0.0712. The van der Waals surface area contributed by atoms with Crippen molar-refractivity contribution < 1.29 is 9.21 Å². The van der Waals surface area contributed by atoms with Gasteiger partial charge in [-0.05, 0) is 37.5 Å². The third-order valence-corrected chi connectivity index (χ3v) is 7.18. The zero-order chi connectivity index (χ0) is 24.0. The maximum atomic E-state index is 13.1. The monoisotopic (exact) mass is 466 g/mol. The first-order chi connectivity index (χ1) is 17.0. The summed E-state index contributed by atoms with van der Waals surface area (Å²) in [6.07, 6.45) is 2.66. The molecule has 0 spiro atoms. The van der Waals surface area contributed by atoms with E-state index in [9.17, 15) is 9.59 Å². The number of hydrogen-bond acceptors (Lipinski definition) is 5. The van der Waals surface area contributed by atoms with E-state index in [4.69, 9.17) is 9.40 Å². The number of amides is 1. The highest BCUT2D eigenvalue weighted by Gasteiger charge is 2.48. The zero-order valence-corrected chi connectivity index (χ0v) is 19.6. The van der Waals surface area contributed by atoms with E-state index >= 15 is 0 Å². The van der Waals surface area contributed by atoms with E-state index in [1.54, 1.807) is 4.90 Å². The molecule has 176 valence electrons. The van der Waals surface area contributed by atoms with E-state index in [1.165, 1.54) is 5.56 Å². The number of rotatable bonds is 5. The van der Waals surface area contributed by atoms with Crippen LogP contribution in [-0.2, 0) is 29.6 Å². The van der Waals surface area contributed by atoms with Gasteiger partial charge in [0.05, 0.1) is 35.3 Å². The lowest BCUT2D eigenvalue weighted by Gasteiger charge is -2.28. The van der Waals surface area contributed by atoms with Crippen molar-refractivity contribution in [2.75, 3.05) is 6.54 Å². The number of nitrogens with one attached hydrogen (secondary N) is 1. The fraction of sp³-hybridized carbons (Fsp3) is 0.286. The van der Waals surface area contributed by atoms with Crippen LogP contribution in [0.3, 0.4) is 0 Å². The van der Waals surface area contributed by atoms with Gasteiger partial charge < -0.3 is 14.3 Å². The Balaban J connectivity index is 1.20. The molecule has 0 radical (unpaired) electrons. The topological polar surface area (TPSA) is 92.1 Å². The molecule has 3 heterocycles. The molecule has 1 fully saturated rings. The van der Waals surface area contributed by atoms with Crippen LogP contribution in [0.1, 0.15) is 46.9 Å². The lowest BCUT2D eigenvalue weighted by Crippen LogP contribution is -2.41. The number of nitrogens with zero attached hydrogens (tertiary/aromatic N) is 3. The Labute approximate surface area is 202 Å². The molecule has 35 heavy (non-hydrogen) atoms. The van der Waals surface area contributed by atoms with Gasteiger partial charge in [0.2, 0.25) is 11.8 Å². The number of aromatic amines is 1. The second-order valence-corrected chi connectivity index (χ2v) is 9.42. The van der Waals surface area contributed by atoms with Gasteiger partial charge in [-0.2, -0.15) is 0 Å². The predicted molar refractivity (Wildman–Crippen MR) is 131 cm³/mol. The fourth-order valence-electron chi connectivity index (χ4n) is 4.96. The van der Waals surface area contributed by atoms with E-state index in [2.05, 4.69) is 22.1 Å². The quantitative estimate of drug-likeness (QED) is 0.481. The molecule has 2 aliphatic rings. The Morgan fingerprint density at radius 3 is 2.49 bits per heavy atom. The lowest BCUT2D eigenvalue weighted by atomic mass is 9.94. The fourth-order valence-corrected chi connectivity index (χ4v) is 4.96. The third-order valence-electron chi connectivity index (χ3n) is 7.18. The molecule has 2 aromatic heterocycles. The van der Waals surface area contributed by atoms with Crippen molar-refractivity contribution in [2.24, 2.45) is 0 Å². The van der Waals surface area contributed by atoms with Crippen LogP contribution in [0, 0.1) is 6.92 Å². The molecule has 0 bridgehead atoms. The average Bonchev–Trinajstić information content (AvgIpc) is 3.63. The molecule has 0 atom stereocenters. The first-order valence-electron chi connectivity index (χ1n) is 12.0. The Morgan fingerprint density at radius 1 is 1.06 bits per heavy atom. The number of oxazole rings is 1. The number of carbonyl (C=O) groups excluding carboxylic acids is 1. The van der Waals surface area contributed by atoms with Crippen LogP contribution in [-0.4, -0.2) is 32.3 Å². The van der Waals surface area contributed by atoms with Crippen molar-refractivity contribution in [2.45, 2.75) is 44.6 Å². The molecule has 1 N–H and O–H groups in total. The predicted octanol–water partition coefficient (Wildman–Crippen LogP) is 3.94. The first kappa shape index (κ1) is 21.5. The van der Waals surface area contributed by atoms with Gasteiger partial charge in [-0.1, -0.05) is 48.5 Å². The number of H-pyrrole nitrogens is 1. The van der Waals surface area contributed by atoms with Gasteiger partial charge in [-0.3, -0.25) is 9.59 Å². The minimum atomic E-state index is -0.191. The van der Waals surface area contributed by atoms with Crippen molar-refractivity contribution in [3.8, 4) is 11.5 Å². The summed E-state index contributed by atoms with van der Waals surface area (Å²) in [6.45, 7) is 2.62. The minimum Gasteiger partial charge on any atom is -0.441 e. The number of carbonyl (C=O) groups is 1. The van der Waals surface area contributed by atoms with Gasteiger partial charge in [0, 0.05) is 18.5 Å². The van der Waals surface area contributed by atoms with Gasteiger partial charge in [0.1, 0.15) is 11.6 Å². The van der Waals surface area contributed by atoms with Crippen molar-refractivity contribution >= 4 is 5.91 Å². The van der Waals surface area contributed by atoms with Crippen LogP contribution in [0.15, 0.2) is 69.9 Å². The highest BCUT2D eigenvalue weighted by Crippen LogP contribution is 2.51. The summed E-state index contributed by atoms with van der Waals surface area (Å²) < 4.78 is 5.80. The molecular formula is C28H26N4O3. The number of aromatic nitrogens is 3. The van der Waals surface area contributed by atoms with Crippen LogP contribution in [0.4, 0.5) is 0 Å². The Bertz CT molecular complexity index is 1450. The third kappa shape index (κ3) is 3.87. The van der Waals surface area contributed by atoms with Crippen LogP contribution < -0.4 is 5.56 Å². The second-order valence-electron chi connectivity index (χ2n) is 9.42. The van der Waals surface area contributed by atoms with Crippen molar-refractivity contribution in [1.82, 2.24) is 19.9 Å². The van der Waals surface area contributed by atoms with E-state index in [-0.39, 0.29) is 29.8 Å². The maximum absolute atomic E-state index is 13.1. The molecule has 0 unspecified atom stereocenters. The van der Waals surface area contributed by atoms with Gasteiger partial charge >= 0.3 is 0 Å². The van der Waals surface area contributed by atoms with Crippen molar-refractivity contribution in [1.29, 1.82) is 0 Å². The Kier molecular flexibility index (Phi) is 5.13. The van der Waals surface area contributed by atoms with Crippen molar-refractivity contribution in [3.05, 3.63) is 105 Å². The molecule has 1 amide bonds. The van der Waals surface area contributed by atoms with E-state index in [1.807, 2.05) is 55.5 Å². The van der Waals surface area contributed by atoms with Gasteiger partial charge in [0.15, 0.2) is 0 Å². The summed E-state index contributed by atoms with van der Waals surface area (Å²) in [5.74, 6) is 1.82. The SMILES string of the molecule is Cc1oc(-c2ccccc2)nc1CC(=O)N1CCc2nc(C3(c4ccccc4)CC3)[nH]c(=O)c2C1. The second kappa shape index (κ2) is 8.34. The molecule has 4 aromatic rings. The van der Waals surface area contributed by atoms with Gasteiger partial charge in [0.25, 0.3) is 5.56 Å². The molecule has 1 aliphatic heterocycles. The Morgan fingerprint density at radius 2 is 1.77 bits per heavy atom. The molecule has 6 rings (SSSR count). The number of aryl methyl sites for hydroxylation is 1. The summed E-state index contributed by atoms with van der Waals surface area (Å²) in [6, 6.07) is 19.9. The van der Waals surface area contributed by atoms with Crippen molar-refractivity contribution in [3.63, 3.8) is 0 Å². The molecule has 7 heteroatoms. The van der Waals surface area contributed by atoms with Gasteiger partial charge in [-0.25, -0.2) is 9.97 Å². The van der Waals surface area contributed by atoms with E-state index < -0.39 is 0 Å². The molecule has 2 aromatic carbocycles. The normalized spacial score (nSPS) is 16.1. The van der Waals surface area contributed by atoms with E-state index in [0.717, 1.165) is 29.9 Å². The zero-order valence-electron chi connectivity index (χ0n) is 19.6. The molecule has 1 saturated carbocycles. The summed E-state index contributed by atoms with van der Waals surface area (Å²) in [5, 5.41) is 0. The average molecular weight is 467 g/mol. The van der Waals surface area contributed by atoms with Crippen LogP contribution >= 0.6 is 0 Å². The smallest absolute Gasteiger partial charge is 0.256 e. The van der Waals surface area contributed by atoms with Crippen LogP contribution in [0.25, 0.3) is 11.5 Å².